The Kier molecular flexibility index (Phi) is 5.96. The summed E-state index contributed by atoms with van der Waals surface area (Å²) in [6.45, 7) is 1.90. The average Bonchev–Trinajstić information content (AvgIpc) is 3.27. The van der Waals surface area contributed by atoms with E-state index < -0.39 is 18.1 Å². The molecule has 1 aliphatic rings. The first kappa shape index (κ1) is 19.2. The number of amides is 1. The van der Waals surface area contributed by atoms with Crippen LogP contribution >= 0.6 is 15.9 Å². The van der Waals surface area contributed by atoms with Crippen LogP contribution < -0.4 is 0 Å². The Morgan fingerprint density at radius 3 is 2.46 bits per heavy atom. The molecule has 0 N–H and O–H groups in total. The number of benzene rings is 1. The van der Waals surface area contributed by atoms with Crippen LogP contribution in [0, 0.1) is 0 Å². The van der Waals surface area contributed by atoms with Crippen molar-refractivity contribution in [1.29, 1.82) is 0 Å². The fourth-order valence-electron chi connectivity index (χ4n) is 2.92. The van der Waals surface area contributed by atoms with Gasteiger partial charge in [-0.1, -0.05) is 28.1 Å². The van der Waals surface area contributed by atoms with Crippen LogP contribution in [0.15, 0.2) is 28.7 Å². The zero-order chi connectivity index (χ0) is 18.0. The zero-order valence-corrected chi connectivity index (χ0v) is 15.5. The standard InChI is InChI=1S/C17H22BrF3N2O/c1-3-23(10-9-22(2)12-17(19,20)21)15(24)16(7-8-16)13-5-4-6-14(18)11-13/h4-6,11H,3,7-10,12H2,1-2H3. The molecule has 2 rings (SSSR count). The molecular formula is C17H22BrF3N2O. The van der Waals surface area contributed by atoms with E-state index in [2.05, 4.69) is 15.9 Å². The third-order valence-corrected chi connectivity index (χ3v) is 4.90. The molecule has 0 saturated heterocycles. The van der Waals surface area contributed by atoms with Gasteiger partial charge >= 0.3 is 6.18 Å². The SMILES string of the molecule is CCN(CCN(C)CC(F)(F)F)C(=O)C1(c2cccc(Br)c2)CC1. The Labute approximate surface area is 148 Å². The Morgan fingerprint density at radius 1 is 1.29 bits per heavy atom. The number of hydrogen-bond acceptors (Lipinski definition) is 2. The molecule has 0 unspecified atom stereocenters. The molecule has 1 aromatic rings. The number of carbonyl (C=O) groups excluding carboxylic acids is 1. The summed E-state index contributed by atoms with van der Waals surface area (Å²) in [6.07, 6.45) is -2.64. The van der Waals surface area contributed by atoms with Crippen LogP contribution in [0.4, 0.5) is 13.2 Å². The lowest BCUT2D eigenvalue weighted by Crippen LogP contribution is -2.44. The molecule has 1 amide bonds. The van der Waals surface area contributed by atoms with Gasteiger partial charge in [0, 0.05) is 24.1 Å². The lowest BCUT2D eigenvalue weighted by Gasteiger charge is -2.29. The first-order chi connectivity index (χ1) is 11.2. The highest BCUT2D eigenvalue weighted by atomic mass is 79.9. The van der Waals surface area contributed by atoms with Crippen molar-refractivity contribution in [2.45, 2.75) is 31.4 Å². The second-order valence-electron chi connectivity index (χ2n) is 6.33. The smallest absolute Gasteiger partial charge is 0.341 e. The van der Waals surface area contributed by atoms with Gasteiger partial charge in [-0.05, 0) is 44.5 Å². The number of halogens is 4. The van der Waals surface area contributed by atoms with E-state index in [0.717, 1.165) is 22.9 Å². The summed E-state index contributed by atoms with van der Waals surface area (Å²) >= 11 is 3.43. The summed E-state index contributed by atoms with van der Waals surface area (Å²) in [4.78, 5) is 15.8. The molecular weight excluding hydrogens is 385 g/mol. The number of alkyl halides is 3. The number of hydrogen-bond donors (Lipinski definition) is 0. The van der Waals surface area contributed by atoms with Crippen molar-refractivity contribution in [2.75, 3.05) is 33.2 Å². The largest absolute Gasteiger partial charge is 0.401 e. The van der Waals surface area contributed by atoms with Crippen LogP contribution in [0.2, 0.25) is 0 Å². The van der Waals surface area contributed by atoms with E-state index in [1.54, 1.807) is 4.90 Å². The molecule has 0 aliphatic heterocycles. The molecule has 24 heavy (non-hydrogen) atoms. The topological polar surface area (TPSA) is 23.6 Å². The number of carbonyl (C=O) groups is 1. The molecule has 3 nitrogen and oxygen atoms in total. The first-order valence-corrected chi connectivity index (χ1v) is 8.78. The van der Waals surface area contributed by atoms with Crippen LogP contribution in [0.5, 0.6) is 0 Å². The molecule has 0 aromatic heterocycles. The second kappa shape index (κ2) is 7.44. The van der Waals surface area contributed by atoms with Crippen molar-refractivity contribution in [3.05, 3.63) is 34.3 Å². The van der Waals surface area contributed by atoms with Gasteiger partial charge in [-0.15, -0.1) is 0 Å². The van der Waals surface area contributed by atoms with Crippen LogP contribution in [0.25, 0.3) is 0 Å². The van der Waals surface area contributed by atoms with Gasteiger partial charge in [0.1, 0.15) is 0 Å². The van der Waals surface area contributed by atoms with E-state index in [0.29, 0.717) is 13.1 Å². The lowest BCUT2D eigenvalue weighted by atomic mass is 9.94. The maximum atomic E-state index is 12.9. The third kappa shape index (κ3) is 4.72. The van der Waals surface area contributed by atoms with Crippen molar-refractivity contribution < 1.29 is 18.0 Å². The highest BCUT2D eigenvalue weighted by Gasteiger charge is 2.52. The quantitative estimate of drug-likeness (QED) is 0.686. The van der Waals surface area contributed by atoms with Crippen molar-refractivity contribution in [3.63, 3.8) is 0 Å². The maximum absolute atomic E-state index is 12.9. The van der Waals surface area contributed by atoms with Crippen molar-refractivity contribution in [1.82, 2.24) is 9.80 Å². The summed E-state index contributed by atoms with van der Waals surface area (Å²) in [7, 11) is 1.42. The third-order valence-electron chi connectivity index (χ3n) is 4.41. The lowest BCUT2D eigenvalue weighted by molar-refractivity contribution is -0.144. The van der Waals surface area contributed by atoms with Gasteiger partial charge < -0.3 is 4.90 Å². The van der Waals surface area contributed by atoms with Crippen molar-refractivity contribution in [3.8, 4) is 0 Å². The zero-order valence-electron chi connectivity index (χ0n) is 13.9. The average molecular weight is 407 g/mol. The highest BCUT2D eigenvalue weighted by Crippen LogP contribution is 2.50. The minimum atomic E-state index is -4.22. The molecule has 134 valence electrons. The van der Waals surface area contributed by atoms with Crippen LogP contribution in [-0.2, 0) is 10.2 Å². The molecule has 1 saturated carbocycles. The Morgan fingerprint density at radius 2 is 1.96 bits per heavy atom. The van der Waals surface area contributed by atoms with Crippen LogP contribution in [-0.4, -0.2) is 55.1 Å². The molecule has 1 aromatic carbocycles. The van der Waals surface area contributed by atoms with E-state index >= 15 is 0 Å². The molecule has 0 radical (unpaired) electrons. The van der Waals surface area contributed by atoms with Crippen LogP contribution in [0.1, 0.15) is 25.3 Å². The Hall–Kier alpha value is -1.08. The molecule has 0 heterocycles. The van der Waals surface area contributed by atoms with Crippen LogP contribution in [0.3, 0.4) is 0 Å². The fourth-order valence-corrected chi connectivity index (χ4v) is 3.32. The minimum Gasteiger partial charge on any atom is -0.341 e. The summed E-state index contributed by atoms with van der Waals surface area (Å²) in [5, 5.41) is 0. The molecule has 0 atom stereocenters. The van der Waals surface area contributed by atoms with E-state index in [-0.39, 0.29) is 12.5 Å². The molecule has 0 spiro atoms. The van der Waals surface area contributed by atoms with E-state index in [4.69, 9.17) is 0 Å². The Bertz CT molecular complexity index is 587. The number of nitrogens with zero attached hydrogens (tertiary/aromatic N) is 2. The molecule has 0 bridgehead atoms. The van der Waals surface area contributed by atoms with Crippen molar-refractivity contribution in [2.24, 2.45) is 0 Å². The van der Waals surface area contributed by atoms with Gasteiger partial charge in [-0.3, -0.25) is 9.69 Å². The molecule has 7 heteroatoms. The predicted octanol–water partition coefficient (Wildman–Crippen LogP) is 3.82. The summed E-state index contributed by atoms with van der Waals surface area (Å²) < 4.78 is 38.1. The van der Waals surface area contributed by atoms with Crippen molar-refractivity contribution >= 4 is 21.8 Å². The predicted molar refractivity (Wildman–Crippen MR) is 90.9 cm³/mol. The summed E-state index contributed by atoms with van der Waals surface area (Å²) in [6, 6.07) is 7.71. The summed E-state index contributed by atoms with van der Waals surface area (Å²) in [5.74, 6) is 0.0171. The van der Waals surface area contributed by atoms with E-state index in [1.165, 1.54) is 11.9 Å². The van der Waals surface area contributed by atoms with Gasteiger partial charge in [0.05, 0.1) is 12.0 Å². The summed E-state index contributed by atoms with van der Waals surface area (Å²) in [5.41, 5.74) is 0.478. The van der Waals surface area contributed by atoms with Gasteiger partial charge in [-0.25, -0.2) is 0 Å². The number of likely N-dealkylation sites (N-methyl/N-ethyl adjacent to an activating group) is 2. The van der Waals surface area contributed by atoms with Gasteiger partial charge in [-0.2, -0.15) is 13.2 Å². The first-order valence-electron chi connectivity index (χ1n) is 7.98. The molecule has 1 fully saturated rings. The maximum Gasteiger partial charge on any atom is 0.401 e. The normalized spacial score (nSPS) is 16.3. The van der Waals surface area contributed by atoms with Gasteiger partial charge in [0.25, 0.3) is 0 Å². The van der Waals surface area contributed by atoms with Gasteiger partial charge in [0.2, 0.25) is 5.91 Å². The van der Waals surface area contributed by atoms with Gasteiger partial charge in [0.15, 0.2) is 0 Å². The molecule has 1 aliphatic carbocycles. The highest BCUT2D eigenvalue weighted by molar-refractivity contribution is 9.10. The Balaban J connectivity index is 2.01. The number of rotatable bonds is 7. The van der Waals surface area contributed by atoms with E-state index in [9.17, 15) is 18.0 Å². The fraction of sp³-hybridized carbons (Fsp3) is 0.588. The second-order valence-corrected chi connectivity index (χ2v) is 7.25. The minimum absolute atomic E-state index is 0.0171. The van der Waals surface area contributed by atoms with E-state index in [1.807, 2.05) is 31.2 Å². The monoisotopic (exact) mass is 406 g/mol.